The molecule has 0 bridgehead atoms. The van der Waals surface area contributed by atoms with Crippen LogP contribution in [-0.2, 0) is 6.42 Å². The van der Waals surface area contributed by atoms with E-state index in [1.807, 2.05) is 42.5 Å². The number of carbonyl (C=O) groups excluding carboxylic acids is 1. The number of amides is 1. The van der Waals surface area contributed by atoms with Crippen LogP contribution in [0.15, 0.2) is 71.1 Å². The summed E-state index contributed by atoms with van der Waals surface area (Å²) in [7, 11) is 0. The molecule has 0 aliphatic heterocycles. The van der Waals surface area contributed by atoms with Gasteiger partial charge in [-0.25, -0.2) is 4.98 Å². The molecular weight excluding hydrogens is 412 g/mol. The van der Waals surface area contributed by atoms with E-state index in [9.17, 15) is 4.79 Å². The van der Waals surface area contributed by atoms with E-state index >= 15 is 0 Å². The molecule has 4 aromatic rings. The van der Waals surface area contributed by atoms with Gasteiger partial charge in [0.1, 0.15) is 11.3 Å². The Bertz CT molecular complexity index is 1210. The fourth-order valence-corrected chi connectivity index (χ4v) is 3.55. The normalized spacial score (nSPS) is 11.2. The molecule has 3 aromatic carbocycles. The quantitative estimate of drug-likeness (QED) is 0.284. The van der Waals surface area contributed by atoms with Crippen molar-refractivity contribution in [3.05, 3.63) is 89.3 Å². The van der Waals surface area contributed by atoms with Crippen molar-refractivity contribution in [2.75, 3.05) is 11.9 Å². The van der Waals surface area contributed by atoms with Gasteiger partial charge in [-0.2, -0.15) is 0 Å². The Morgan fingerprint density at radius 2 is 1.79 bits per heavy atom. The van der Waals surface area contributed by atoms with Crippen LogP contribution in [0.3, 0.4) is 0 Å². The number of carbonyl (C=O) groups is 1. The van der Waals surface area contributed by atoms with Crippen molar-refractivity contribution in [3.63, 3.8) is 0 Å². The van der Waals surface area contributed by atoms with Crippen LogP contribution in [0.2, 0.25) is 0 Å². The van der Waals surface area contributed by atoms with Crippen molar-refractivity contribution in [2.45, 2.75) is 46.0 Å². The highest BCUT2D eigenvalue weighted by Crippen LogP contribution is 2.23. The lowest BCUT2D eigenvalue weighted by Crippen LogP contribution is -2.11. The molecule has 0 aliphatic carbocycles. The van der Waals surface area contributed by atoms with Crippen LogP contribution in [0.25, 0.3) is 11.1 Å². The first kappa shape index (κ1) is 22.6. The second-order valence-corrected chi connectivity index (χ2v) is 8.54. The molecule has 0 radical (unpaired) electrons. The Kier molecular flexibility index (Phi) is 7.08. The molecule has 0 atom stereocenters. The summed E-state index contributed by atoms with van der Waals surface area (Å²) < 4.78 is 11.6. The van der Waals surface area contributed by atoms with Gasteiger partial charge in [-0.1, -0.05) is 45.4 Å². The van der Waals surface area contributed by atoms with Gasteiger partial charge in [0.2, 0.25) is 0 Å². The third-order valence-electron chi connectivity index (χ3n) is 5.57. The van der Waals surface area contributed by atoms with E-state index in [1.54, 1.807) is 12.1 Å². The summed E-state index contributed by atoms with van der Waals surface area (Å²) in [6.07, 6.45) is 2.70. The molecule has 5 heteroatoms. The summed E-state index contributed by atoms with van der Waals surface area (Å²) in [5.41, 5.74) is 5.35. The summed E-state index contributed by atoms with van der Waals surface area (Å²) in [6, 6.07) is 21.2. The number of benzene rings is 3. The minimum Gasteiger partial charge on any atom is -0.494 e. The zero-order valence-corrected chi connectivity index (χ0v) is 19.4. The summed E-state index contributed by atoms with van der Waals surface area (Å²) >= 11 is 0. The number of hydrogen-bond acceptors (Lipinski definition) is 4. The van der Waals surface area contributed by atoms with Crippen LogP contribution in [0.1, 0.15) is 66.9 Å². The maximum Gasteiger partial charge on any atom is 0.255 e. The average molecular weight is 443 g/mol. The second-order valence-electron chi connectivity index (χ2n) is 8.54. The molecule has 0 unspecified atom stereocenters. The summed E-state index contributed by atoms with van der Waals surface area (Å²) in [5.74, 6) is 1.77. The van der Waals surface area contributed by atoms with Crippen LogP contribution in [0.5, 0.6) is 5.75 Å². The van der Waals surface area contributed by atoms with Gasteiger partial charge in [0.15, 0.2) is 11.5 Å². The number of fused-ring (bicyclic) bond motifs is 1. The van der Waals surface area contributed by atoms with Crippen LogP contribution >= 0.6 is 0 Å². The predicted molar refractivity (Wildman–Crippen MR) is 132 cm³/mol. The van der Waals surface area contributed by atoms with E-state index < -0.39 is 0 Å². The summed E-state index contributed by atoms with van der Waals surface area (Å²) in [5, 5.41) is 2.94. The molecule has 0 aliphatic rings. The molecule has 1 heterocycles. The van der Waals surface area contributed by atoms with Crippen molar-refractivity contribution in [1.29, 1.82) is 0 Å². The van der Waals surface area contributed by atoms with Crippen molar-refractivity contribution >= 4 is 22.7 Å². The highest BCUT2D eigenvalue weighted by atomic mass is 16.5. The molecule has 1 N–H and O–H groups in total. The molecule has 0 spiro atoms. The predicted octanol–water partition coefficient (Wildman–Crippen LogP) is 6.97. The van der Waals surface area contributed by atoms with E-state index in [2.05, 4.69) is 43.2 Å². The van der Waals surface area contributed by atoms with Crippen molar-refractivity contribution in [1.82, 2.24) is 4.98 Å². The second kappa shape index (κ2) is 10.3. The number of anilines is 1. The molecule has 1 amide bonds. The Balaban J connectivity index is 1.36. The van der Waals surface area contributed by atoms with Crippen LogP contribution in [-0.4, -0.2) is 17.5 Å². The molecule has 33 heavy (non-hydrogen) atoms. The fourth-order valence-electron chi connectivity index (χ4n) is 3.55. The molecule has 0 saturated carbocycles. The van der Waals surface area contributed by atoms with Crippen molar-refractivity contribution < 1.29 is 13.9 Å². The first-order valence-electron chi connectivity index (χ1n) is 11.5. The van der Waals surface area contributed by atoms with Gasteiger partial charge in [0.25, 0.3) is 5.91 Å². The SMILES string of the molecule is CCCCOc1ccc(C(=O)Nc2ccc(Cc3nc4cc(C(C)C)ccc4o3)cc2)cc1. The Hall–Kier alpha value is -3.60. The van der Waals surface area contributed by atoms with Gasteiger partial charge in [-0.15, -0.1) is 0 Å². The van der Waals surface area contributed by atoms with Gasteiger partial charge in [0, 0.05) is 17.7 Å². The number of aromatic nitrogens is 1. The number of hydrogen-bond donors (Lipinski definition) is 1. The topological polar surface area (TPSA) is 64.4 Å². The number of ether oxygens (including phenoxy) is 1. The molecule has 4 rings (SSSR count). The minimum absolute atomic E-state index is 0.150. The molecule has 1 aromatic heterocycles. The van der Waals surface area contributed by atoms with E-state index in [0.29, 0.717) is 30.4 Å². The van der Waals surface area contributed by atoms with Gasteiger partial charge in [0.05, 0.1) is 6.61 Å². The first-order chi connectivity index (χ1) is 16.0. The fraction of sp³-hybridized carbons (Fsp3) is 0.286. The van der Waals surface area contributed by atoms with Crippen molar-refractivity contribution in [3.8, 4) is 5.75 Å². The van der Waals surface area contributed by atoms with Crippen LogP contribution in [0, 0.1) is 0 Å². The summed E-state index contributed by atoms with van der Waals surface area (Å²) in [6.45, 7) is 7.15. The van der Waals surface area contributed by atoms with Gasteiger partial charge in [-0.05, 0) is 72.0 Å². The lowest BCUT2D eigenvalue weighted by atomic mass is 10.0. The number of unbranched alkanes of at least 4 members (excludes halogenated alkanes) is 1. The zero-order chi connectivity index (χ0) is 23.2. The molecule has 0 fully saturated rings. The lowest BCUT2D eigenvalue weighted by molar-refractivity contribution is 0.102. The van der Waals surface area contributed by atoms with Crippen molar-refractivity contribution in [2.24, 2.45) is 0 Å². The third-order valence-corrected chi connectivity index (χ3v) is 5.57. The number of nitrogens with one attached hydrogen (secondary N) is 1. The lowest BCUT2D eigenvalue weighted by Gasteiger charge is -2.08. The molecule has 0 saturated heterocycles. The Labute approximate surface area is 194 Å². The van der Waals surface area contributed by atoms with E-state index in [1.165, 1.54) is 5.56 Å². The zero-order valence-electron chi connectivity index (χ0n) is 19.4. The largest absolute Gasteiger partial charge is 0.494 e. The smallest absolute Gasteiger partial charge is 0.255 e. The average Bonchev–Trinajstić information content (AvgIpc) is 3.22. The van der Waals surface area contributed by atoms with Crippen LogP contribution in [0.4, 0.5) is 5.69 Å². The van der Waals surface area contributed by atoms with E-state index in [0.717, 1.165) is 40.9 Å². The van der Waals surface area contributed by atoms with Gasteiger partial charge in [-0.3, -0.25) is 4.79 Å². The molecular formula is C28H30N2O3. The minimum atomic E-state index is -0.150. The maximum atomic E-state index is 12.6. The Morgan fingerprint density at radius 3 is 2.48 bits per heavy atom. The number of oxazole rings is 1. The highest BCUT2D eigenvalue weighted by molar-refractivity contribution is 6.04. The molecule has 5 nitrogen and oxygen atoms in total. The number of nitrogens with zero attached hydrogens (tertiary/aromatic N) is 1. The Morgan fingerprint density at radius 1 is 1.03 bits per heavy atom. The highest BCUT2D eigenvalue weighted by Gasteiger charge is 2.10. The third kappa shape index (κ3) is 5.80. The number of rotatable bonds is 9. The maximum absolute atomic E-state index is 12.6. The summed E-state index contributed by atoms with van der Waals surface area (Å²) in [4.78, 5) is 17.2. The van der Waals surface area contributed by atoms with Gasteiger partial charge >= 0.3 is 0 Å². The standard InChI is InChI=1S/C28H30N2O3/c1-4-5-16-32-24-13-8-21(9-14-24)28(31)29-23-11-6-20(7-12-23)17-27-30-25-18-22(19(2)3)10-15-26(25)33-27/h6-15,18-19H,4-5,16-17H2,1-3H3,(H,29,31). The van der Waals surface area contributed by atoms with Crippen LogP contribution < -0.4 is 10.1 Å². The van der Waals surface area contributed by atoms with Gasteiger partial charge < -0.3 is 14.5 Å². The molecule has 170 valence electrons. The van der Waals surface area contributed by atoms with E-state index in [4.69, 9.17) is 9.15 Å². The first-order valence-corrected chi connectivity index (χ1v) is 11.5. The van der Waals surface area contributed by atoms with E-state index in [-0.39, 0.29) is 5.91 Å². The monoisotopic (exact) mass is 442 g/mol.